The van der Waals surface area contributed by atoms with Crippen LogP contribution in [-0.4, -0.2) is 19.9 Å². The summed E-state index contributed by atoms with van der Waals surface area (Å²) in [6.45, 7) is 0. The number of benzene rings is 1. The summed E-state index contributed by atoms with van der Waals surface area (Å²) in [7, 11) is 0. The molecule has 24 heavy (non-hydrogen) atoms. The summed E-state index contributed by atoms with van der Waals surface area (Å²) in [5.74, 6) is 0. The molecule has 0 saturated carbocycles. The molecule has 4 nitrogen and oxygen atoms in total. The summed E-state index contributed by atoms with van der Waals surface area (Å²) in [6, 6.07) is 13.1. The first kappa shape index (κ1) is 13.7. The van der Waals surface area contributed by atoms with Crippen LogP contribution in [0.5, 0.6) is 0 Å². The van der Waals surface area contributed by atoms with Gasteiger partial charge in [-0.05, 0) is 23.3 Å². The molecule has 4 aromatic heterocycles. The van der Waals surface area contributed by atoms with E-state index >= 15 is 0 Å². The van der Waals surface area contributed by atoms with Gasteiger partial charge in [0.05, 0.1) is 41.3 Å². The standard InChI is InChI=1S/C18H12N4S2/c1-3-12(4-2-11(1)13-7-19-9-21-13)15-5-17-18(23-15)6-16(24-17)14-8-20-10-22-14/h1-10H,(H,19,21)(H,20,22). The molecule has 0 aliphatic heterocycles. The van der Waals surface area contributed by atoms with Gasteiger partial charge in [-0.25, -0.2) is 9.97 Å². The molecule has 0 atom stereocenters. The second-order valence-corrected chi connectivity index (χ2v) is 7.63. The van der Waals surface area contributed by atoms with E-state index in [1.807, 2.05) is 23.7 Å². The van der Waals surface area contributed by atoms with Gasteiger partial charge in [0, 0.05) is 14.3 Å². The lowest BCUT2D eigenvalue weighted by atomic mass is 10.1. The number of aromatic amines is 2. The molecule has 0 bridgehead atoms. The molecule has 5 aromatic rings. The first-order valence-electron chi connectivity index (χ1n) is 7.48. The molecular weight excluding hydrogens is 336 g/mol. The van der Waals surface area contributed by atoms with E-state index in [0.717, 1.165) is 17.0 Å². The molecular formula is C18H12N4S2. The molecule has 6 heteroatoms. The van der Waals surface area contributed by atoms with Gasteiger partial charge in [-0.1, -0.05) is 24.3 Å². The smallest absolute Gasteiger partial charge is 0.0924 e. The Morgan fingerprint density at radius 1 is 0.667 bits per heavy atom. The van der Waals surface area contributed by atoms with E-state index in [-0.39, 0.29) is 0 Å². The SMILES string of the molecule is c1ncc(-c2ccc(-c3cc4sc(-c5cnc[nH]5)cc4s3)cc2)[nH]1. The predicted octanol–water partition coefficient (Wildman–Crippen LogP) is 5.41. The third-order valence-electron chi connectivity index (χ3n) is 3.95. The number of thiophene rings is 2. The Bertz CT molecular complexity index is 1050. The zero-order valence-corrected chi connectivity index (χ0v) is 14.1. The summed E-state index contributed by atoms with van der Waals surface area (Å²) < 4.78 is 2.63. The Balaban J connectivity index is 1.49. The van der Waals surface area contributed by atoms with Crippen LogP contribution in [0.25, 0.3) is 41.7 Å². The van der Waals surface area contributed by atoms with Crippen molar-refractivity contribution < 1.29 is 0 Å². The molecule has 2 N–H and O–H groups in total. The number of hydrogen-bond acceptors (Lipinski definition) is 4. The maximum absolute atomic E-state index is 4.10. The zero-order valence-electron chi connectivity index (χ0n) is 12.5. The number of nitrogens with zero attached hydrogens (tertiary/aromatic N) is 2. The summed E-state index contributed by atoms with van der Waals surface area (Å²) >= 11 is 3.63. The van der Waals surface area contributed by atoms with Crippen molar-refractivity contribution in [1.29, 1.82) is 0 Å². The summed E-state index contributed by atoms with van der Waals surface area (Å²) in [4.78, 5) is 17.0. The maximum Gasteiger partial charge on any atom is 0.0924 e. The van der Waals surface area contributed by atoms with Crippen LogP contribution < -0.4 is 0 Å². The first-order valence-corrected chi connectivity index (χ1v) is 9.11. The molecule has 0 spiro atoms. The average molecular weight is 348 g/mol. The lowest BCUT2D eigenvalue weighted by Gasteiger charge is -2.00. The van der Waals surface area contributed by atoms with E-state index in [1.54, 1.807) is 24.0 Å². The van der Waals surface area contributed by atoms with Crippen molar-refractivity contribution in [2.75, 3.05) is 0 Å². The van der Waals surface area contributed by atoms with Gasteiger partial charge in [-0.3, -0.25) is 0 Å². The highest BCUT2D eigenvalue weighted by Crippen LogP contribution is 2.41. The first-order chi connectivity index (χ1) is 11.9. The van der Waals surface area contributed by atoms with Crippen LogP contribution >= 0.6 is 22.7 Å². The van der Waals surface area contributed by atoms with Crippen molar-refractivity contribution in [3.05, 3.63) is 61.4 Å². The van der Waals surface area contributed by atoms with Gasteiger partial charge >= 0.3 is 0 Å². The molecule has 0 saturated heterocycles. The molecule has 5 rings (SSSR count). The lowest BCUT2D eigenvalue weighted by Crippen LogP contribution is -1.77. The van der Waals surface area contributed by atoms with E-state index in [1.165, 1.54) is 24.7 Å². The predicted molar refractivity (Wildman–Crippen MR) is 100 cm³/mol. The normalized spacial score (nSPS) is 11.3. The maximum atomic E-state index is 4.10. The van der Waals surface area contributed by atoms with Gasteiger partial charge in [0.1, 0.15) is 0 Å². The van der Waals surface area contributed by atoms with E-state index in [4.69, 9.17) is 0 Å². The minimum atomic E-state index is 1.04. The molecule has 0 fully saturated rings. The van der Waals surface area contributed by atoms with Gasteiger partial charge in [0.25, 0.3) is 0 Å². The van der Waals surface area contributed by atoms with Crippen molar-refractivity contribution in [3.63, 3.8) is 0 Å². The second-order valence-electron chi connectivity index (χ2n) is 5.46. The Morgan fingerprint density at radius 2 is 1.25 bits per heavy atom. The fraction of sp³-hybridized carbons (Fsp3) is 0. The molecule has 0 unspecified atom stereocenters. The Morgan fingerprint density at radius 3 is 1.92 bits per heavy atom. The quantitative estimate of drug-likeness (QED) is 0.458. The lowest BCUT2D eigenvalue weighted by molar-refractivity contribution is 1.31. The van der Waals surface area contributed by atoms with E-state index in [2.05, 4.69) is 56.3 Å². The minimum Gasteiger partial charge on any atom is -0.345 e. The van der Waals surface area contributed by atoms with Crippen molar-refractivity contribution in [3.8, 4) is 32.3 Å². The summed E-state index contributed by atoms with van der Waals surface area (Å²) in [6.07, 6.45) is 7.13. The minimum absolute atomic E-state index is 1.04. The van der Waals surface area contributed by atoms with Gasteiger partial charge in [0.2, 0.25) is 0 Å². The third kappa shape index (κ3) is 2.28. The molecule has 4 heterocycles. The number of hydrogen-bond donors (Lipinski definition) is 2. The molecule has 0 amide bonds. The van der Waals surface area contributed by atoms with E-state index < -0.39 is 0 Å². The number of H-pyrrole nitrogens is 2. The van der Waals surface area contributed by atoms with Gasteiger partial charge in [-0.2, -0.15) is 0 Å². The van der Waals surface area contributed by atoms with Crippen LogP contribution in [0.2, 0.25) is 0 Å². The van der Waals surface area contributed by atoms with Crippen molar-refractivity contribution in [2.45, 2.75) is 0 Å². The molecule has 1 aromatic carbocycles. The van der Waals surface area contributed by atoms with Crippen LogP contribution in [-0.2, 0) is 0 Å². The second kappa shape index (κ2) is 5.43. The van der Waals surface area contributed by atoms with Crippen molar-refractivity contribution >= 4 is 32.1 Å². The van der Waals surface area contributed by atoms with Crippen LogP contribution in [0.1, 0.15) is 0 Å². The molecule has 0 radical (unpaired) electrons. The Kier molecular flexibility index (Phi) is 3.11. The number of fused-ring (bicyclic) bond motifs is 1. The fourth-order valence-electron chi connectivity index (χ4n) is 2.73. The van der Waals surface area contributed by atoms with Gasteiger partial charge < -0.3 is 9.97 Å². The van der Waals surface area contributed by atoms with Crippen molar-refractivity contribution in [1.82, 2.24) is 19.9 Å². The van der Waals surface area contributed by atoms with Crippen LogP contribution in [0.3, 0.4) is 0 Å². The number of imidazole rings is 2. The number of aromatic nitrogens is 4. The zero-order chi connectivity index (χ0) is 15.9. The van der Waals surface area contributed by atoms with Crippen molar-refractivity contribution in [2.24, 2.45) is 0 Å². The van der Waals surface area contributed by atoms with Crippen LogP contribution in [0, 0.1) is 0 Å². The topological polar surface area (TPSA) is 57.4 Å². The molecule has 116 valence electrons. The van der Waals surface area contributed by atoms with Gasteiger partial charge in [-0.15, -0.1) is 22.7 Å². The number of nitrogens with one attached hydrogen (secondary N) is 2. The Hall–Kier alpha value is -2.70. The highest BCUT2D eigenvalue weighted by atomic mass is 32.1. The Labute approximate surface area is 145 Å². The van der Waals surface area contributed by atoms with E-state index in [0.29, 0.717) is 0 Å². The van der Waals surface area contributed by atoms with Gasteiger partial charge in [0.15, 0.2) is 0 Å². The monoisotopic (exact) mass is 348 g/mol. The van der Waals surface area contributed by atoms with E-state index in [9.17, 15) is 0 Å². The molecule has 0 aliphatic carbocycles. The molecule has 0 aliphatic rings. The third-order valence-corrected chi connectivity index (χ3v) is 6.33. The summed E-state index contributed by atoms with van der Waals surface area (Å²) in [5, 5.41) is 0. The fourth-order valence-corrected chi connectivity index (χ4v) is 5.10. The average Bonchev–Trinajstić information content (AvgIpc) is 3.37. The van der Waals surface area contributed by atoms with Crippen LogP contribution in [0.4, 0.5) is 0 Å². The summed E-state index contributed by atoms with van der Waals surface area (Å²) in [5.41, 5.74) is 4.51. The number of rotatable bonds is 3. The van der Waals surface area contributed by atoms with Crippen LogP contribution in [0.15, 0.2) is 61.4 Å². The highest BCUT2D eigenvalue weighted by Gasteiger charge is 2.10. The highest BCUT2D eigenvalue weighted by molar-refractivity contribution is 7.31. The largest absolute Gasteiger partial charge is 0.345 e.